The summed E-state index contributed by atoms with van der Waals surface area (Å²) in [6.45, 7) is 2.15. The standard InChI is InChI=1S/C26H21N/c1-18-7-4-8-19(16-15-18)20-9-5-10-21(17-20)22-12-6-14-25-26(22)23-11-2-3-13-24(23)27-25/h2-3,5-17,27H,4H2,1H3. The van der Waals surface area contributed by atoms with Crippen LogP contribution in [0.5, 0.6) is 0 Å². The van der Waals surface area contributed by atoms with Crippen molar-refractivity contribution in [2.24, 2.45) is 0 Å². The van der Waals surface area contributed by atoms with E-state index in [-0.39, 0.29) is 0 Å². The number of H-pyrrole nitrogens is 1. The molecule has 27 heavy (non-hydrogen) atoms. The lowest BCUT2D eigenvalue weighted by Crippen LogP contribution is -1.85. The summed E-state index contributed by atoms with van der Waals surface area (Å²) < 4.78 is 0. The zero-order valence-corrected chi connectivity index (χ0v) is 15.4. The lowest BCUT2D eigenvalue weighted by Gasteiger charge is -2.08. The number of aromatic nitrogens is 1. The van der Waals surface area contributed by atoms with Gasteiger partial charge in [0.25, 0.3) is 0 Å². The predicted octanol–water partition coefficient (Wildman–Crippen LogP) is 7.28. The van der Waals surface area contributed by atoms with Crippen LogP contribution in [0.25, 0.3) is 38.5 Å². The summed E-state index contributed by atoms with van der Waals surface area (Å²) in [5.41, 5.74) is 8.78. The zero-order chi connectivity index (χ0) is 18.2. The average molecular weight is 347 g/mol. The number of aromatic amines is 1. The van der Waals surface area contributed by atoms with Crippen LogP contribution < -0.4 is 0 Å². The van der Waals surface area contributed by atoms with Gasteiger partial charge in [0.1, 0.15) is 0 Å². The van der Waals surface area contributed by atoms with Gasteiger partial charge in [0.15, 0.2) is 0 Å². The predicted molar refractivity (Wildman–Crippen MR) is 117 cm³/mol. The van der Waals surface area contributed by atoms with Crippen molar-refractivity contribution in [1.82, 2.24) is 4.98 Å². The minimum Gasteiger partial charge on any atom is -0.354 e. The molecule has 0 saturated heterocycles. The molecular weight excluding hydrogens is 326 g/mol. The number of hydrogen-bond donors (Lipinski definition) is 1. The number of allylic oxidation sites excluding steroid dienone is 6. The van der Waals surface area contributed by atoms with Crippen LogP contribution in [0.15, 0.2) is 96.6 Å². The lowest BCUT2D eigenvalue weighted by atomic mass is 9.95. The maximum absolute atomic E-state index is 3.55. The molecule has 3 aromatic carbocycles. The van der Waals surface area contributed by atoms with Gasteiger partial charge in [-0.2, -0.15) is 0 Å². The molecule has 130 valence electrons. The Bertz CT molecular complexity index is 1250. The SMILES string of the molecule is CC1=CCC=C(c2cccc(-c3cccc4[nH]c5ccccc5c34)c2)C=C1. The van der Waals surface area contributed by atoms with Crippen molar-refractivity contribution < 1.29 is 0 Å². The lowest BCUT2D eigenvalue weighted by molar-refractivity contribution is 1.35. The molecule has 0 atom stereocenters. The van der Waals surface area contributed by atoms with Crippen LogP contribution in [0.4, 0.5) is 0 Å². The first-order chi connectivity index (χ1) is 13.3. The van der Waals surface area contributed by atoms with E-state index in [1.807, 2.05) is 0 Å². The maximum Gasteiger partial charge on any atom is 0.0471 e. The van der Waals surface area contributed by atoms with Crippen molar-refractivity contribution >= 4 is 27.4 Å². The summed E-state index contributed by atoms with van der Waals surface area (Å²) in [6, 6.07) is 24.0. The first-order valence-corrected chi connectivity index (χ1v) is 9.45. The van der Waals surface area contributed by atoms with Crippen molar-refractivity contribution in [1.29, 1.82) is 0 Å². The van der Waals surface area contributed by atoms with E-state index in [0.29, 0.717) is 0 Å². The van der Waals surface area contributed by atoms with Gasteiger partial charge in [0, 0.05) is 21.8 Å². The van der Waals surface area contributed by atoms with E-state index in [0.717, 1.165) is 6.42 Å². The fourth-order valence-corrected chi connectivity index (χ4v) is 3.95. The van der Waals surface area contributed by atoms with Gasteiger partial charge < -0.3 is 4.98 Å². The molecule has 0 radical (unpaired) electrons. The van der Waals surface area contributed by atoms with Crippen molar-refractivity contribution in [3.8, 4) is 11.1 Å². The third kappa shape index (κ3) is 2.82. The van der Waals surface area contributed by atoms with E-state index in [9.17, 15) is 0 Å². The van der Waals surface area contributed by atoms with E-state index >= 15 is 0 Å². The monoisotopic (exact) mass is 347 g/mol. The van der Waals surface area contributed by atoms with E-state index in [4.69, 9.17) is 0 Å². The van der Waals surface area contributed by atoms with Crippen LogP contribution in [-0.4, -0.2) is 4.98 Å². The second kappa shape index (κ2) is 6.44. The number of benzene rings is 3. The van der Waals surface area contributed by atoms with E-state index in [2.05, 4.69) is 103 Å². The van der Waals surface area contributed by atoms with Crippen molar-refractivity contribution in [2.45, 2.75) is 13.3 Å². The smallest absolute Gasteiger partial charge is 0.0471 e. The molecule has 1 aromatic heterocycles. The summed E-state index contributed by atoms with van der Waals surface area (Å²) in [5, 5.41) is 2.58. The van der Waals surface area contributed by atoms with Crippen LogP contribution in [0.2, 0.25) is 0 Å². The number of para-hydroxylation sites is 1. The molecule has 1 aliphatic rings. The molecule has 0 spiro atoms. The summed E-state index contributed by atoms with van der Waals surface area (Å²) in [5.74, 6) is 0. The van der Waals surface area contributed by atoms with E-state index in [1.54, 1.807) is 0 Å². The summed E-state index contributed by atoms with van der Waals surface area (Å²) in [7, 11) is 0. The minimum absolute atomic E-state index is 0.983. The first kappa shape index (κ1) is 15.9. The van der Waals surface area contributed by atoms with Gasteiger partial charge in [-0.05, 0) is 53.8 Å². The molecule has 1 aliphatic carbocycles. The maximum atomic E-state index is 3.55. The van der Waals surface area contributed by atoms with Crippen LogP contribution in [0.1, 0.15) is 18.9 Å². The van der Waals surface area contributed by atoms with Crippen LogP contribution in [0.3, 0.4) is 0 Å². The second-order valence-electron chi connectivity index (χ2n) is 7.16. The molecule has 1 heteroatoms. The average Bonchev–Trinajstić information content (AvgIpc) is 2.95. The highest BCUT2D eigenvalue weighted by atomic mass is 14.7. The molecule has 0 aliphatic heterocycles. The second-order valence-corrected chi connectivity index (χ2v) is 7.16. The highest BCUT2D eigenvalue weighted by Gasteiger charge is 2.11. The Balaban J connectivity index is 1.68. The van der Waals surface area contributed by atoms with Crippen molar-refractivity contribution in [3.63, 3.8) is 0 Å². The van der Waals surface area contributed by atoms with Gasteiger partial charge in [-0.15, -0.1) is 0 Å². The minimum atomic E-state index is 0.983. The summed E-state index contributed by atoms with van der Waals surface area (Å²) in [6.07, 6.45) is 9.98. The Labute approximate surface area is 159 Å². The molecule has 1 N–H and O–H groups in total. The normalized spacial score (nSPS) is 14.3. The fourth-order valence-electron chi connectivity index (χ4n) is 3.95. The summed E-state index contributed by atoms with van der Waals surface area (Å²) >= 11 is 0. The van der Waals surface area contributed by atoms with Crippen molar-refractivity contribution in [2.75, 3.05) is 0 Å². The van der Waals surface area contributed by atoms with Crippen LogP contribution >= 0.6 is 0 Å². The highest BCUT2D eigenvalue weighted by molar-refractivity contribution is 6.14. The van der Waals surface area contributed by atoms with E-state index < -0.39 is 0 Å². The molecule has 0 fully saturated rings. The molecule has 5 rings (SSSR count). The van der Waals surface area contributed by atoms with Gasteiger partial charge in [-0.25, -0.2) is 0 Å². The first-order valence-electron chi connectivity index (χ1n) is 9.45. The van der Waals surface area contributed by atoms with Gasteiger partial charge in [0.2, 0.25) is 0 Å². The molecule has 0 bridgehead atoms. The third-order valence-electron chi connectivity index (χ3n) is 5.34. The highest BCUT2D eigenvalue weighted by Crippen LogP contribution is 2.35. The number of hydrogen-bond acceptors (Lipinski definition) is 0. The Morgan fingerprint density at radius 1 is 0.741 bits per heavy atom. The van der Waals surface area contributed by atoms with Gasteiger partial charge in [-0.1, -0.05) is 78.4 Å². The Kier molecular flexibility index (Phi) is 3.79. The molecule has 0 amide bonds. The number of rotatable bonds is 2. The van der Waals surface area contributed by atoms with Crippen molar-refractivity contribution in [3.05, 3.63) is 102 Å². The third-order valence-corrected chi connectivity index (χ3v) is 5.34. The molecule has 1 heterocycles. The van der Waals surface area contributed by atoms with Gasteiger partial charge in [0.05, 0.1) is 0 Å². The molecule has 0 saturated carbocycles. The molecular formula is C26H21N. The largest absolute Gasteiger partial charge is 0.354 e. The van der Waals surface area contributed by atoms with Gasteiger partial charge in [-0.3, -0.25) is 0 Å². The molecule has 4 aromatic rings. The quantitative estimate of drug-likeness (QED) is 0.392. The Hall–Kier alpha value is -3.32. The molecule has 0 unspecified atom stereocenters. The Morgan fingerprint density at radius 2 is 1.56 bits per heavy atom. The zero-order valence-electron chi connectivity index (χ0n) is 15.4. The number of nitrogens with one attached hydrogen (secondary N) is 1. The van der Waals surface area contributed by atoms with E-state index in [1.165, 1.54) is 49.6 Å². The summed E-state index contributed by atoms with van der Waals surface area (Å²) in [4.78, 5) is 3.55. The van der Waals surface area contributed by atoms with Gasteiger partial charge >= 0.3 is 0 Å². The van der Waals surface area contributed by atoms with Crippen LogP contribution in [0, 0.1) is 0 Å². The van der Waals surface area contributed by atoms with Crippen LogP contribution in [-0.2, 0) is 0 Å². The Morgan fingerprint density at radius 3 is 2.52 bits per heavy atom. The number of fused-ring (bicyclic) bond motifs is 3. The topological polar surface area (TPSA) is 15.8 Å². The molecule has 1 nitrogen and oxygen atoms in total. The fraction of sp³-hybridized carbons (Fsp3) is 0.0769.